The summed E-state index contributed by atoms with van der Waals surface area (Å²) in [7, 11) is 0. The molecule has 3 fully saturated rings. The van der Waals surface area contributed by atoms with Crippen molar-refractivity contribution in [2.45, 2.75) is 57.5 Å². The van der Waals surface area contributed by atoms with Crippen LogP contribution in [0.3, 0.4) is 0 Å². The number of rotatable bonds is 0. The minimum Gasteiger partial charge on any atom is -0.393 e. The maximum atomic E-state index is 9.75. The molecule has 0 saturated heterocycles. The Morgan fingerprint density at radius 1 is 1.00 bits per heavy atom. The summed E-state index contributed by atoms with van der Waals surface area (Å²) in [5.41, 5.74) is 1.04. The van der Waals surface area contributed by atoms with Gasteiger partial charge in [-0.2, -0.15) is 0 Å². The van der Waals surface area contributed by atoms with Gasteiger partial charge in [0.2, 0.25) is 0 Å². The van der Waals surface area contributed by atoms with Gasteiger partial charge in [-0.1, -0.05) is 0 Å². The van der Waals surface area contributed by atoms with Gasteiger partial charge in [0.05, 0.1) is 6.10 Å². The van der Waals surface area contributed by atoms with E-state index in [0.717, 1.165) is 42.7 Å². The molecule has 3 aliphatic rings. The average Bonchev–Trinajstić information content (AvgIpc) is 2.28. The first-order chi connectivity index (χ1) is 7.75. The lowest BCUT2D eigenvalue weighted by Gasteiger charge is -2.48. The third-order valence-electron chi connectivity index (χ3n) is 5.36. The summed E-state index contributed by atoms with van der Waals surface area (Å²) in [6.45, 7) is 0. The number of hydrogen-bond acceptors (Lipinski definition) is 2. The van der Waals surface area contributed by atoms with Gasteiger partial charge in [0.15, 0.2) is 0 Å². The first-order valence-corrected chi connectivity index (χ1v) is 7.01. The van der Waals surface area contributed by atoms with E-state index in [1.54, 1.807) is 0 Å². The molecule has 16 heavy (non-hydrogen) atoms. The largest absolute Gasteiger partial charge is 0.393 e. The Morgan fingerprint density at radius 2 is 1.88 bits per heavy atom. The Morgan fingerprint density at radius 3 is 2.75 bits per heavy atom. The van der Waals surface area contributed by atoms with Gasteiger partial charge in [0.25, 0.3) is 0 Å². The lowest BCUT2D eigenvalue weighted by Crippen LogP contribution is -2.43. The van der Waals surface area contributed by atoms with Crippen LogP contribution in [0.4, 0.5) is 0 Å². The zero-order valence-electron chi connectivity index (χ0n) is 9.99. The highest BCUT2D eigenvalue weighted by Gasteiger charge is 2.44. The van der Waals surface area contributed by atoms with Crippen LogP contribution in [0.2, 0.25) is 0 Å². The van der Waals surface area contributed by atoms with Crippen molar-refractivity contribution in [1.29, 1.82) is 5.41 Å². The molecule has 3 rings (SSSR count). The Hall–Kier alpha value is -0.370. The van der Waals surface area contributed by atoms with Gasteiger partial charge >= 0.3 is 0 Å². The van der Waals surface area contributed by atoms with Gasteiger partial charge in [-0.05, 0) is 75.0 Å². The molecule has 0 bridgehead atoms. The van der Waals surface area contributed by atoms with Gasteiger partial charge in [-0.3, -0.25) is 0 Å². The number of aliphatic hydroxyl groups is 1. The minimum atomic E-state index is -0.0270. The fourth-order valence-electron chi connectivity index (χ4n) is 4.63. The van der Waals surface area contributed by atoms with Crippen LogP contribution in [0.15, 0.2) is 0 Å². The van der Waals surface area contributed by atoms with E-state index in [9.17, 15) is 5.11 Å². The van der Waals surface area contributed by atoms with E-state index in [2.05, 4.69) is 0 Å². The Labute approximate surface area is 97.9 Å². The first-order valence-electron chi connectivity index (χ1n) is 7.01. The zero-order valence-corrected chi connectivity index (χ0v) is 9.99. The molecule has 5 unspecified atom stereocenters. The molecule has 90 valence electrons. The van der Waals surface area contributed by atoms with Crippen molar-refractivity contribution in [2.24, 2.45) is 23.7 Å². The lowest BCUT2D eigenvalue weighted by atomic mass is 9.57. The van der Waals surface area contributed by atoms with E-state index in [0.29, 0.717) is 5.92 Å². The number of aliphatic hydroxyl groups excluding tert-OH is 1. The number of fused-ring (bicyclic) bond motifs is 3. The summed E-state index contributed by atoms with van der Waals surface area (Å²) in [6.07, 6.45) is 9.40. The average molecular weight is 221 g/mol. The predicted molar refractivity (Wildman–Crippen MR) is 64.6 cm³/mol. The second-order valence-corrected chi connectivity index (χ2v) is 6.16. The maximum absolute atomic E-state index is 9.75. The molecule has 2 nitrogen and oxygen atoms in total. The highest BCUT2D eigenvalue weighted by atomic mass is 16.3. The highest BCUT2D eigenvalue weighted by Crippen LogP contribution is 2.50. The normalized spacial score (nSPS) is 48.3. The monoisotopic (exact) mass is 221 g/mol. The smallest absolute Gasteiger partial charge is 0.0543 e. The molecule has 0 aliphatic heterocycles. The fraction of sp³-hybridized carbons (Fsp3) is 0.929. The molecular formula is C14H23NO. The maximum Gasteiger partial charge on any atom is 0.0543 e. The first kappa shape index (κ1) is 10.8. The SMILES string of the molecule is N=C1CCCC2C1CCC1CC(O)CCC12. The summed E-state index contributed by atoms with van der Waals surface area (Å²) in [5.74, 6) is 3.02. The van der Waals surface area contributed by atoms with Crippen molar-refractivity contribution in [3.05, 3.63) is 0 Å². The van der Waals surface area contributed by atoms with Crippen LogP contribution in [0.5, 0.6) is 0 Å². The molecule has 0 radical (unpaired) electrons. The van der Waals surface area contributed by atoms with E-state index in [4.69, 9.17) is 5.41 Å². The van der Waals surface area contributed by atoms with Gasteiger partial charge in [0.1, 0.15) is 0 Å². The van der Waals surface area contributed by atoms with Crippen molar-refractivity contribution in [3.63, 3.8) is 0 Å². The van der Waals surface area contributed by atoms with Crippen molar-refractivity contribution < 1.29 is 5.11 Å². The minimum absolute atomic E-state index is 0.0270. The number of hydrogen-bond donors (Lipinski definition) is 2. The Bertz CT molecular complexity index is 288. The second-order valence-electron chi connectivity index (χ2n) is 6.16. The van der Waals surface area contributed by atoms with Crippen LogP contribution in [0.25, 0.3) is 0 Å². The molecule has 2 heteroatoms. The second kappa shape index (κ2) is 4.14. The molecule has 2 N–H and O–H groups in total. The van der Waals surface area contributed by atoms with Crippen LogP contribution >= 0.6 is 0 Å². The van der Waals surface area contributed by atoms with Crippen molar-refractivity contribution >= 4 is 5.71 Å². The highest BCUT2D eigenvalue weighted by molar-refractivity contribution is 5.84. The molecular weight excluding hydrogens is 198 g/mol. The van der Waals surface area contributed by atoms with Gasteiger partial charge in [0, 0.05) is 5.71 Å². The predicted octanol–water partition coefficient (Wildman–Crippen LogP) is 2.99. The van der Waals surface area contributed by atoms with E-state index in [1.165, 1.54) is 32.1 Å². The number of nitrogens with one attached hydrogen (secondary N) is 1. The summed E-state index contributed by atoms with van der Waals surface area (Å²) in [4.78, 5) is 0. The molecule has 0 aromatic carbocycles. The quantitative estimate of drug-likeness (QED) is 0.649. The molecule has 0 spiro atoms. The Kier molecular flexibility index (Phi) is 2.78. The third kappa shape index (κ3) is 1.71. The third-order valence-corrected chi connectivity index (χ3v) is 5.36. The van der Waals surface area contributed by atoms with E-state index < -0.39 is 0 Å². The summed E-state index contributed by atoms with van der Waals surface area (Å²) >= 11 is 0. The molecule has 3 saturated carbocycles. The summed E-state index contributed by atoms with van der Waals surface area (Å²) in [5, 5.41) is 17.9. The van der Waals surface area contributed by atoms with Crippen LogP contribution in [0.1, 0.15) is 51.4 Å². The molecule has 5 atom stereocenters. The Balaban J connectivity index is 1.77. The van der Waals surface area contributed by atoms with Gasteiger partial charge < -0.3 is 10.5 Å². The van der Waals surface area contributed by atoms with E-state index in [-0.39, 0.29) is 6.10 Å². The van der Waals surface area contributed by atoms with E-state index >= 15 is 0 Å². The molecule has 0 heterocycles. The van der Waals surface area contributed by atoms with Crippen molar-refractivity contribution in [2.75, 3.05) is 0 Å². The van der Waals surface area contributed by atoms with E-state index in [1.807, 2.05) is 0 Å². The molecule has 0 aromatic heterocycles. The molecule has 3 aliphatic carbocycles. The zero-order chi connectivity index (χ0) is 11.1. The van der Waals surface area contributed by atoms with Gasteiger partial charge in [-0.25, -0.2) is 0 Å². The van der Waals surface area contributed by atoms with Crippen LogP contribution in [0, 0.1) is 29.1 Å². The van der Waals surface area contributed by atoms with Crippen molar-refractivity contribution in [3.8, 4) is 0 Å². The van der Waals surface area contributed by atoms with Crippen LogP contribution < -0.4 is 0 Å². The standard InChI is InChI=1S/C14H23NO/c15-14-3-1-2-12-11-7-5-10(16)8-9(11)4-6-13(12)14/h9-13,15-16H,1-8H2. The lowest BCUT2D eigenvalue weighted by molar-refractivity contribution is 0.00402. The summed E-state index contributed by atoms with van der Waals surface area (Å²) < 4.78 is 0. The van der Waals surface area contributed by atoms with Gasteiger partial charge in [-0.15, -0.1) is 0 Å². The van der Waals surface area contributed by atoms with Crippen LogP contribution in [-0.2, 0) is 0 Å². The molecule has 0 aromatic rings. The fourth-order valence-corrected chi connectivity index (χ4v) is 4.63. The molecule has 0 amide bonds. The topological polar surface area (TPSA) is 44.1 Å². The van der Waals surface area contributed by atoms with Crippen molar-refractivity contribution in [1.82, 2.24) is 0 Å². The van der Waals surface area contributed by atoms with Crippen LogP contribution in [-0.4, -0.2) is 16.9 Å². The summed E-state index contributed by atoms with van der Waals surface area (Å²) in [6, 6.07) is 0.